The molecule has 1 aromatic heterocycles. The van der Waals surface area contributed by atoms with E-state index in [9.17, 15) is 18.0 Å². The minimum atomic E-state index is -4.52. The summed E-state index contributed by atoms with van der Waals surface area (Å²) in [5.74, 6) is -0.656. The van der Waals surface area contributed by atoms with Crippen LogP contribution >= 0.6 is 22.9 Å². The van der Waals surface area contributed by atoms with E-state index in [1.54, 1.807) is 5.38 Å². The highest BCUT2D eigenvalue weighted by atomic mass is 35.5. The van der Waals surface area contributed by atoms with Crippen LogP contribution in [0.1, 0.15) is 15.2 Å². The van der Waals surface area contributed by atoms with Gasteiger partial charge in [0.25, 0.3) is 5.91 Å². The lowest BCUT2D eigenvalue weighted by atomic mass is 10.1. The number of thiophene rings is 1. The molecule has 100 valence electrons. The van der Waals surface area contributed by atoms with E-state index in [2.05, 4.69) is 5.32 Å². The van der Waals surface area contributed by atoms with Crippen LogP contribution < -0.4 is 5.32 Å². The second-order valence-electron chi connectivity index (χ2n) is 3.60. The first kappa shape index (κ1) is 13.9. The number of nitrogens with one attached hydrogen (secondary N) is 1. The molecule has 0 saturated heterocycles. The van der Waals surface area contributed by atoms with E-state index in [0.29, 0.717) is 0 Å². The molecule has 1 aromatic carbocycles. The number of alkyl halides is 3. The Kier molecular flexibility index (Phi) is 3.82. The van der Waals surface area contributed by atoms with E-state index in [4.69, 9.17) is 11.6 Å². The lowest BCUT2D eigenvalue weighted by Crippen LogP contribution is -2.15. The predicted molar refractivity (Wildman–Crippen MR) is 68.7 cm³/mol. The normalized spacial score (nSPS) is 11.4. The van der Waals surface area contributed by atoms with Gasteiger partial charge in [-0.15, -0.1) is 11.3 Å². The third-order valence-corrected chi connectivity index (χ3v) is 3.64. The fraction of sp³-hybridized carbons (Fsp3) is 0.0833. The molecule has 2 aromatic rings. The second kappa shape index (κ2) is 5.22. The van der Waals surface area contributed by atoms with Crippen LogP contribution in [-0.2, 0) is 6.18 Å². The van der Waals surface area contributed by atoms with Gasteiger partial charge < -0.3 is 5.32 Å². The smallest absolute Gasteiger partial charge is 0.321 e. The van der Waals surface area contributed by atoms with Crippen LogP contribution in [0.5, 0.6) is 0 Å². The zero-order chi connectivity index (χ0) is 14.0. The Morgan fingerprint density at radius 1 is 1.21 bits per heavy atom. The van der Waals surface area contributed by atoms with Crippen LogP contribution in [-0.4, -0.2) is 5.91 Å². The molecule has 0 saturated carbocycles. The Morgan fingerprint density at radius 2 is 1.89 bits per heavy atom. The summed E-state index contributed by atoms with van der Waals surface area (Å²) in [4.78, 5) is 12.0. The van der Waals surface area contributed by atoms with Crippen molar-refractivity contribution >= 4 is 34.5 Å². The quantitative estimate of drug-likeness (QED) is 0.858. The number of carbonyl (C=O) groups is 1. The van der Waals surface area contributed by atoms with Gasteiger partial charge in [-0.05, 0) is 23.6 Å². The van der Waals surface area contributed by atoms with Crippen molar-refractivity contribution in [1.82, 2.24) is 0 Å². The molecule has 0 radical (unpaired) electrons. The molecule has 0 unspecified atom stereocenters. The fourth-order valence-electron chi connectivity index (χ4n) is 1.47. The maximum absolute atomic E-state index is 12.7. The van der Waals surface area contributed by atoms with Gasteiger partial charge >= 0.3 is 6.18 Å². The van der Waals surface area contributed by atoms with E-state index in [1.165, 1.54) is 24.3 Å². The lowest BCUT2D eigenvalue weighted by molar-refractivity contribution is -0.136. The highest BCUT2D eigenvalue weighted by molar-refractivity contribution is 7.12. The van der Waals surface area contributed by atoms with Gasteiger partial charge in [0.15, 0.2) is 0 Å². The topological polar surface area (TPSA) is 29.1 Å². The first-order valence-electron chi connectivity index (χ1n) is 5.10. The maximum atomic E-state index is 12.7. The summed E-state index contributed by atoms with van der Waals surface area (Å²) in [6, 6.07) is 6.29. The van der Waals surface area contributed by atoms with Gasteiger partial charge in [0.05, 0.1) is 16.3 Å². The van der Waals surface area contributed by atoms with E-state index in [-0.39, 0.29) is 15.6 Å². The molecule has 0 aliphatic carbocycles. The highest BCUT2D eigenvalue weighted by Gasteiger charge is 2.33. The van der Waals surface area contributed by atoms with Gasteiger partial charge in [-0.3, -0.25) is 4.79 Å². The number of hydrogen-bond donors (Lipinski definition) is 1. The van der Waals surface area contributed by atoms with Crippen LogP contribution in [0, 0.1) is 0 Å². The second-order valence-corrected chi connectivity index (χ2v) is 4.92. The van der Waals surface area contributed by atoms with Crippen molar-refractivity contribution in [2.24, 2.45) is 0 Å². The molecule has 19 heavy (non-hydrogen) atoms. The summed E-state index contributed by atoms with van der Waals surface area (Å²) in [6.45, 7) is 0. The molecule has 2 nitrogen and oxygen atoms in total. The van der Waals surface area contributed by atoms with Gasteiger partial charge in [0.2, 0.25) is 0 Å². The van der Waals surface area contributed by atoms with Gasteiger partial charge in [0.1, 0.15) is 4.88 Å². The Hall–Kier alpha value is -1.53. The monoisotopic (exact) mass is 305 g/mol. The minimum Gasteiger partial charge on any atom is -0.321 e. The number of rotatable bonds is 2. The Bertz CT molecular complexity index is 609. The molecule has 1 N–H and O–H groups in total. The SMILES string of the molecule is O=C(Nc1ccccc1C(F)(F)F)c1sccc1Cl. The number of anilines is 1. The van der Waals surface area contributed by atoms with Crippen LogP contribution in [0.15, 0.2) is 35.7 Å². The van der Waals surface area contributed by atoms with Gasteiger partial charge in [-0.2, -0.15) is 13.2 Å². The lowest BCUT2D eigenvalue weighted by Gasteiger charge is -2.13. The van der Waals surface area contributed by atoms with Crippen molar-refractivity contribution in [3.05, 3.63) is 51.2 Å². The Balaban J connectivity index is 2.30. The first-order valence-corrected chi connectivity index (χ1v) is 6.36. The number of hydrogen-bond acceptors (Lipinski definition) is 2. The zero-order valence-corrected chi connectivity index (χ0v) is 10.9. The summed E-state index contributed by atoms with van der Waals surface area (Å²) < 4.78 is 38.2. The molecule has 0 aliphatic rings. The molecule has 0 spiro atoms. The van der Waals surface area contributed by atoms with Gasteiger partial charge in [-0.25, -0.2) is 0 Å². The van der Waals surface area contributed by atoms with Crippen LogP contribution in [0.3, 0.4) is 0 Å². The minimum absolute atomic E-state index is 0.179. The van der Waals surface area contributed by atoms with Crippen molar-refractivity contribution in [2.45, 2.75) is 6.18 Å². The molecule has 0 fully saturated rings. The molecule has 1 amide bonds. The van der Waals surface area contributed by atoms with Gasteiger partial charge in [-0.1, -0.05) is 23.7 Å². The van der Waals surface area contributed by atoms with E-state index in [1.807, 2.05) is 0 Å². The molecular weight excluding hydrogens is 299 g/mol. The number of para-hydroxylation sites is 1. The summed E-state index contributed by atoms with van der Waals surface area (Å²) >= 11 is 6.82. The van der Waals surface area contributed by atoms with E-state index < -0.39 is 17.6 Å². The van der Waals surface area contributed by atoms with Gasteiger partial charge in [0, 0.05) is 0 Å². The summed E-state index contributed by atoms with van der Waals surface area (Å²) in [6.07, 6.45) is -4.52. The van der Waals surface area contributed by atoms with E-state index >= 15 is 0 Å². The first-order chi connectivity index (χ1) is 8.89. The van der Waals surface area contributed by atoms with Crippen LogP contribution in [0.4, 0.5) is 18.9 Å². The number of halogens is 4. The largest absolute Gasteiger partial charge is 0.418 e. The van der Waals surface area contributed by atoms with Crippen molar-refractivity contribution in [3.63, 3.8) is 0 Å². The molecule has 2 rings (SSSR count). The van der Waals surface area contributed by atoms with Crippen LogP contribution in [0.25, 0.3) is 0 Å². The highest BCUT2D eigenvalue weighted by Crippen LogP contribution is 2.35. The molecule has 1 heterocycles. The van der Waals surface area contributed by atoms with Crippen molar-refractivity contribution < 1.29 is 18.0 Å². The van der Waals surface area contributed by atoms with Crippen molar-refractivity contribution in [2.75, 3.05) is 5.32 Å². The maximum Gasteiger partial charge on any atom is 0.418 e. The number of carbonyl (C=O) groups excluding carboxylic acids is 1. The molecule has 0 bridgehead atoms. The third-order valence-electron chi connectivity index (χ3n) is 2.30. The summed E-state index contributed by atoms with van der Waals surface area (Å²) in [7, 11) is 0. The number of benzene rings is 1. The standard InChI is InChI=1S/C12H7ClF3NOS/c13-8-5-6-19-10(8)11(18)17-9-4-2-1-3-7(9)12(14,15)16/h1-6H,(H,17,18). The Labute approximate surface area is 115 Å². The molecular formula is C12H7ClF3NOS. The zero-order valence-electron chi connectivity index (χ0n) is 9.29. The van der Waals surface area contributed by atoms with Crippen LogP contribution in [0.2, 0.25) is 5.02 Å². The van der Waals surface area contributed by atoms with Crippen molar-refractivity contribution in [3.8, 4) is 0 Å². The third kappa shape index (κ3) is 3.08. The predicted octanol–water partition coefficient (Wildman–Crippen LogP) is 4.67. The Morgan fingerprint density at radius 3 is 2.47 bits per heavy atom. The molecule has 0 aliphatic heterocycles. The molecule has 0 atom stereocenters. The average molecular weight is 306 g/mol. The number of amides is 1. The average Bonchev–Trinajstić information content (AvgIpc) is 2.75. The summed E-state index contributed by atoms with van der Waals surface area (Å²) in [5, 5.41) is 4.03. The fourth-order valence-corrected chi connectivity index (χ4v) is 2.51. The summed E-state index contributed by atoms with van der Waals surface area (Å²) in [5.41, 5.74) is -1.18. The molecule has 7 heteroatoms. The van der Waals surface area contributed by atoms with Crippen molar-refractivity contribution in [1.29, 1.82) is 0 Å². The van der Waals surface area contributed by atoms with E-state index in [0.717, 1.165) is 17.4 Å².